The minimum Gasteiger partial charge on any atom is -0.395 e. The molecule has 1 rings (SSSR count). The van der Waals surface area contributed by atoms with E-state index in [1.165, 1.54) is 0 Å². The fraction of sp³-hybridized carbons (Fsp3) is 0.250. The van der Waals surface area contributed by atoms with Gasteiger partial charge in [-0.2, -0.15) is 0 Å². The maximum Gasteiger partial charge on any atom is 0.0591 e. The van der Waals surface area contributed by atoms with Crippen LogP contribution in [0.2, 0.25) is 5.02 Å². The van der Waals surface area contributed by atoms with E-state index >= 15 is 0 Å². The Morgan fingerprint density at radius 1 is 1.55 bits per heavy atom. The minimum absolute atomic E-state index is 0.145. The molecule has 0 aliphatic carbocycles. The molecule has 0 fully saturated rings. The zero-order chi connectivity index (χ0) is 8.27. The summed E-state index contributed by atoms with van der Waals surface area (Å²) in [5, 5.41) is 9.55. The first-order chi connectivity index (χ1) is 5.24. The second-order valence-electron chi connectivity index (χ2n) is 2.21. The Labute approximate surface area is 84.5 Å². The Hall–Kier alpha value is 0.200. The first-order valence-corrected chi connectivity index (χ1v) is 4.87. The van der Waals surface area contributed by atoms with Crippen LogP contribution in [0.3, 0.4) is 0 Å². The molecule has 11 heavy (non-hydrogen) atoms. The summed E-state index contributed by atoms with van der Waals surface area (Å²) in [4.78, 5) is 0. The summed E-state index contributed by atoms with van der Waals surface area (Å²) in [5.74, 6) is 0. The number of rotatable bonds is 2. The van der Waals surface area contributed by atoms with E-state index in [0.29, 0.717) is 0 Å². The van der Waals surface area contributed by atoms with Crippen molar-refractivity contribution in [3.05, 3.63) is 34.9 Å². The molecule has 0 heterocycles. The number of hydrogen-bond donors (Lipinski definition) is 1. The summed E-state index contributed by atoms with van der Waals surface area (Å²) in [5.41, 5.74) is 1.07. The highest BCUT2D eigenvalue weighted by molar-refractivity contribution is 14.1. The fourth-order valence-electron chi connectivity index (χ4n) is 0.807. The van der Waals surface area contributed by atoms with E-state index in [4.69, 9.17) is 16.7 Å². The Balaban J connectivity index is 2.86. The quantitative estimate of drug-likeness (QED) is 0.653. The number of halogens is 2. The van der Waals surface area contributed by atoms with Crippen LogP contribution in [-0.2, 0) is 0 Å². The molecule has 0 spiro atoms. The monoisotopic (exact) mass is 282 g/mol. The topological polar surface area (TPSA) is 20.2 Å². The fourth-order valence-corrected chi connectivity index (χ4v) is 1.39. The Morgan fingerprint density at radius 3 is 2.82 bits per heavy atom. The third-order valence-corrected chi connectivity index (χ3v) is 2.72. The molecule has 0 bridgehead atoms. The van der Waals surface area contributed by atoms with Crippen LogP contribution < -0.4 is 0 Å². The molecule has 0 aromatic heterocycles. The summed E-state index contributed by atoms with van der Waals surface area (Å²) in [6.07, 6.45) is 0. The highest BCUT2D eigenvalue weighted by Crippen LogP contribution is 2.24. The molecule has 1 nitrogen and oxygen atoms in total. The van der Waals surface area contributed by atoms with Crippen molar-refractivity contribution in [1.82, 2.24) is 0 Å². The van der Waals surface area contributed by atoms with Crippen LogP contribution in [0.15, 0.2) is 24.3 Å². The van der Waals surface area contributed by atoms with Gasteiger partial charge in [0.05, 0.1) is 10.5 Å². The van der Waals surface area contributed by atoms with Gasteiger partial charge in [0, 0.05) is 5.02 Å². The van der Waals surface area contributed by atoms with E-state index in [1.54, 1.807) is 0 Å². The highest BCUT2D eigenvalue weighted by Gasteiger charge is 2.04. The average molecular weight is 283 g/mol. The molecule has 1 aromatic carbocycles. The van der Waals surface area contributed by atoms with E-state index in [1.807, 2.05) is 24.3 Å². The molecule has 1 atom stereocenters. The third kappa shape index (κ3) is 2.61. The maximum absolute atomic E-state index is 8.83. The van der Waals surface area contributed by atoms with Crippen LogP contribution in [0.25, 0.3) is 0 Å². The number of benzene rings is 1. The Bertz CT molecular complexity index is 239. The lowest BCUT2D eigenvalue weighted by molar-refractivity contribution is 0.301. The summed E-state index contributed by atoms with van der Waals surface area (Å²) >= 11 is 7.94. The van der Waals surface area contributed by atoms with Crippen LogP contribution in [0.1, 0.15) is 9.49 Å². The van der Waals surface area contributed by atoms with Crippen LogP contribution in [-0.4, -0.2) is 11.7 Å². The van der Waals surface area contributed by atoms with Gasteiger partial charge in [-0.15, -0.1) is 0 Å². The second kappa shape index (κ2) is 4.28. The van der Waals surface area contributed by atoms with Gasteiger partial charge in [0.2, 0.25) is 0 Å². The van der Waals surface area contributed by atoms with Gasteiger partial charge in [-0.3, -0.25) is 0 Å². The van der Waals surface area contributed by atoms with E-state index < -0.39 is 0 Å². The molecule has 60 valence electrons. The van der Waals surface area contributed by atoms with Gasteiger partial charge in [-0.1, -0.05) is 46.3 Å². The molecule has 0 saturated heterocycles. The van der Waals surface area contributed by atoms with E-state index in [2.05, 4.69) is 22.6 Å². The summed E-state index contributed by atoms with van der Waals surface area (Å²) in [7, 11) is 0. The van der Waals surface area contributed by atoms with Crippen molar-refractivity contribution in [2.45, 2.75) is 3.92 Å². The summed E-state index contributed by atoms with van der Waals surface area (Å²) in [6, 6.07) is 7.54. The first-order valence-electron chi connectivity index (χ1n) is 3.24. The lowest BCUT2D eigenvalue weighted by Gasteiger charge is -2.05. The van der Waals surface area contributed by atoms with Crippen molar-refractivity contribution in [2.75, 3.05) is 6.61 Å². The zero-order valence-electron chi connectivity index (χ0n) is 5.80. The Morgan fingerprint density at radius 2 is 2.27 bits per heavy atom. The number of aliphatic hydroxyl groups is 1. The predicted molar refractivity (Wildman–Crippen MR) is 55.3 cm³/mol. The molecule has 0 aliphatic heterocycles. The van der Waals surface area contributed by atoms with Gasteiger partial charge in [-0.05, 0) is 17.7 Å². The summed E-state index contributed by atoms with van der Waals surface area (Å²) < 4.78 is 0.145. The number of alkyl halides is 1. The van der Waals surface area contributed by atoms with Gasteiger partial charge in [-0.25, -0.2) is 0 Å². The largest absolute Gasteiger partial charge is 0.395 e. The third-order valence-electron chi connectivity index (χ3n) is 1.37. The second-order valence-corrected chi connectivity index (χ2v) is 4.15. The molecular weight excluding hydrogens is 274 g/mol. The highest BCUT2D eigenvalue weighted by atomic mass is 127. The molecule has 3 heteroatoms. The first kappa shape index (κ1) is 9.29. The molecule has 0 saturated carbocycles. The maximum atomic E-state index is 8.83. The zero-order valence-corrected chi connectivity index (χ0v) is 8.71. The van der Waals surface area contributed by atoms with Crippen LogP contribution in [0, 0.1) is 0 Å². The number of hydrogen-bond acceptors (Lipinski definition) is 1. The molecule has 0 aliphatic rings. The minimum atomic E-state index is 0.145. The van der Waals surface area contributed by atoms with Crippen molar-refractivity contribution in [3.63, 3.8) is 0 Å². The average Bonchev–Trinajstić information content (AvgIpc) is 2.03. The molecule has 1 aromatic rings. The van der Waals surface area contributed by atoms with Gasteiger partial charge in [0.1, 0.15) is 0 Å². The number of aliphatic hydroxyl groups excluding tert-OH is 1. The van der Waals surface area contributed by atoms with Crippen molar-refractivity contribution in [1.29, 1.82) is 0 Å². The lowest BCUT2D eigenvalue weighted by Crippen LogP contribution is -1.94. The van der Waals surface area contributed by atoms with E-state index in [0.717, 1.165) is 10.6 Å². The van der Waals surface area contributed by atoms with Gasteiger partial charge < -0.3 is 5.11 Å². The van der Waals surface area contributed by atoms with E-state index in [-0.39, 0.29) is 10.5 Å². The molecule has 1 unspecified atom stereocenters. The Kier molecular flexibility index (Phi) is 3.62. The predicted octanol–water partition coefficient (Wildman–Crippen LogP) is 2.81. The van der Waals surface area contributed by atoms with Gasteiger partial charge in [0.15, 0.2) is 0 Å². The van der Waals surface area contributed by atoms with Crippen molar-refractivity contribution in [3.8, 4) is 0 Å². The van der Waals surface area contributed by atoms with Crippen LogP contribution >= 0.6 is 34.2 Å². The molecule has 0 amide bonds. The molecule has 1 N–H and O–H groups in total. The normalized spacial score (nSPS) is 13.0. The SMILES string of the molecule is OCC(I)c1cccc(Cl)c1. The standard InChI is InChI=1S/C8H8ClIO/c9-7-3-1-2-6(4-7)8(10)5-11/h1-4,8,11H,5H2. The van der Waals surface area contributed by atoms with Crippen molar-refractivity contribution in [2.24, 2.45) is 0 Å². The summed E-state index contributed by atoms with van der Waals surface area (Å²) in [6.45, 7) is 0.154. The van der Waals surface area contributed by atoms with Crippen LogP contribution in [0.4, 0.5) is 0 Å². The van der Waals surface area contributed by atoms with E-state index in [9.17, 15) is 0 Å². The van der Waals surface area contributed by atoms with Gasteiger partial charge >= 0.3 is 0 Å². The van der Waals surface area contributed by atoms with Crippen LogP contribution in [0.5, 0.6) is 0 Å². The lowest BCUT2D eigenvalue weighted by atomic mass is 10.2. The van der Waals surface area contributed by atoms with Gasteiger partial charge in [0.25, 0.3) is 0 Å². The van der Waals surface area contributed by atoms with Crippen molar-refractivity contribution >= 4 is 34.2 Å². The molecule has 0 radical (unpaired) electrons. The molecular formula is C8H8ClIO. The van der Waals surface area contributed by atoms with Crippen molar-refractivity contribution < 1.29 is 5.11 Å². The smallest absolute Gasteiger partial charge is 0.0591 e.